The largest absolute Gasteiger partial charge is 0.350 e. The van der Waals surface area contributed by atoms with Crippen molar-refractivity contribution in [2.75, 3.05) is 6.54 Å². The highest BCUT2D eigenvalue weighted by molar-refractivity contribution is 6.05. The second-order valence-corrected chi connectivity index (χ2v) is 5.58. The van der Waals surface area contributed by atoms with Crippen LogP contribution in [0.15, 0.2) is 30.3 Å². The molecule has 1 heterocycles. The van der Waals surface area contributed by atoms with Crippen LogP contribution in [0.5, 0.6) is 0 Å². The van der Waals surface area contributed by atoms with Crippen LogP contribution in [0, 0.1) is 6.92 Å². The average molecular weight is 285 g/mol. The maximum atomic E-state index is 12.4. The standard InChI is InChI=1S/C17H23N3O/c1-4-17(18,5-2)11-19-16(21)14-8-6-7-13-10-9-12(3)20-15(13)14/h6-10H,4-5,11,18H2,1-3H3,(H,19,21). The predicted octanol–water partition coefficient (Wildman–Crippen LogP) is 2.79. The molecule has 0 aliphatic heterocycles. The molecule has 0 unspecified atom stereocenters. The molecule has 0 radical (unpaired) electrons. The van der Waals surface area contributed by atoms with E-state index in [4.69, 9.17) is 5.73 Å². The van der Waals surface area contributed by atoms with E-state index in [0.717, 1.165) is 29.4 Å². The van der Waals surface area contributed by atoms with Crippen molar-refractivity contribution >= 4 is 16.8 Å². The molecule has 4 heteroatoms. The normalized spacial score (nSPS) is 11.6. The highest BCUT2D eigenvalue weighted by Crippen LogP contribution is 2.17. The van der Waals surface area contributed by atoms with Crippen LogP contribution in [-0.2, 0) is 0 Å². The lowest BCUT2D eigenvalue weighted by Gasteiger charge is -2.26. The van der Waals surface area contributed by atoms with Crippen LogP contribution in [0.2, 0.25) is 0 Å². The van der Waals surface area contributed by atoms with Gasteiger partial charge in [-0.2, -0.15) is 0 Å². The summed E-state index contributed by atoms with van der Waals surface area (Å²) in [6.07, 6.45) is 1.66. The molecule has 21 heavy (non-hydrogen) atoms. The first-order chi connectivity index (χ1) is 9.99. The van der Waals surface area contributed by atoms with E-state index >= 15 is 0 Å². The lowest BCUT2D eigenvalue weighted by Crippen LogP contribution is -2.49. The minimum absolute atomic E-state index is 0.115. The van der Waals surface area contributed by atoms with Crippen LogP contribution >= 0.6 is 0 Å². The SMILES string of the molecule is CCC(N)(CC)CNC(=O)c1cccc2ccc(C)nc12. The molecule has 0 saturated carbocycles. The molecular formula is C17H23N3O. The number of benzene rings is 1. The minimum atomic E-state index is -0.344. The number of rotatable bonds is 5. The van der Waals surface area contributed by atoms with Gasteiger partial charge in [-0.05, 0) is 31.9 Å². The van der Waals surface area contributed by atoms with Crippen molar-refractivity contribution in [3.8, 4) is 0 Å². The Morgan fingerprint density at radius 3 is 2.62 bits per heavy atom. The summed E-state index contributed by atoms with van der Waals surface area (Å²) in [5, 5.41) is 3.92. The Morgan fingerprint density at radius 1 is 1.24 bits per heavy atom. The molecule has 112 valence electrons. The summed E-state index contributed by atoms with van der Waals surface area (Å²) in [6.45, 7) is 6.48. The first-order valence-electron chi connectivity index (χ1n) is 7.42. The fourth-order valence-electron chi connectivity index (χ4n) is 2.28. The maximum absolute atomic E-state index is 12.4. The molecule has 0 atom stereocenters. The molecule has 0 spiro atoms. The second-order valence-electron chi connectivity index (χ2n) is 5.58. The van der Waals surface area contributed by atoms with Crippen molar-refractivity contribution in [2.24, 2.45) is 5.73 Å². The lowest BCUT2D eigenvalue weighted by molar-refractivity contribution is 0.0943. The van der Waals surface area contributed by atoms with Crippen LogP contribution < -0.4 is 11.1 Å². The molecule has 0 fully saturated rings. The highest BCUT2D eigenvalue weighted by Gasteiger charge is 2.21. The van der Waals surface area contributed by atoms with Crippen molar-refractivity contribution in [2.45, 2.75) is 39.2 Å². The number of nitrogens with zero attached hydrogens (tertiary/aromatic N) is 1. The van der Waals surface area contributed by atoms with E-state index in [1.165, 1.54) is 0 Å². The zero-order valence-electron chi connectivity index (χ0n) is 12.9. The molecular weight excluding hydrogens is 262 g/mol. The fraction of sp³-hybridized carbons (Fsp3) is 0.412. The summed E-state index contributed by atoms with van der Waals surface area (Å²) in [6, 6.07) is 9.58. The number of hydrogen-bond donors (Lipinski definition) is 2. The monoisotopic (exact) mass is 285 g/mol. The Labute approximate surface area is 125 Å². The Hall–Kier alpha value is -1.94. The van der Waals surface area contributed by atoms with Crippen LogP contribution in [0.25, 0.3) is 10.9 Å². The Bertz CT molecular complexity index is 648. The van der Waals surface area contributed by atoms with E-state index in [1.807, 2.05) is 45.0 Å². The van der Waals surface area contributed by atoms with E-state index in [2.05, 4.69) is 10.3 Å². The van der Waals surface area contributed by atoms with Crippen molar-refractivity contribution < 1.29 is 4.79 Å². The van der Waals surface area contributed by atoms with Crippen molar-refractivity contribution in [1.82, 2.24) is 10.3 Å². The van der Waals surface area contributed by atoms with Gasteiger partial charge < -0.3 is 11.1 Å². The molecule has 0 aliphatic carbocycles. The fourth-order valence-corrected chi connectivity index (χ4v) is 2.28. The van der Waals surface area contributed by atoms with Crippen molar-refractivity contribution in [3.63, 3.8) is 0 Å². The number of carbonyl (C=O) groups is 1. The molecule has 4 nitrogen and oxygen atoms in total. The molecule has 1 amide bonds. The third kappa shape index (κ3) is 3.39. The average Bonchev–Trinajstić information content (AvgIpc) is 2.51. The van der Waals surface area contributed by atoms with Gasteiger partial charge in [0.25, 0.3) is 5.91 Å². The minimum Gasteiger partial charge on any atom is -0.350 e. The number of carbonyl (C=O) groups excluding carboxylic acids is 1. The van der Waals surface area contributed by atoms with Gasteiger partial charge in [-0.1, -0.05) is 32.0 Å². The van der Waals surface area contributed by atoms with Gasteiger partial charge in [-0.3, -0.25) is 9.78 Å². The maximum Gasteiger partial charge on any atom is 0.253 e. The van der Waals surface area contributed by atoms with Crippen LogP contribution in [0.3, 0.4) is 0 Å². The number of amides is 1. The number of hydrogen-bond acceptors (Lipinski definition) is 3. The van der Waals surface area contributed by atoms with E-state index < -0.39 is 0 Å². The third-order valence-electron chi connectivity index (χ3n) is 4.11. The van der Waals surface area contributed by atoms with Crippen LogP contribution in [0.4, 0.5) is 0 Å². The molecule has 0 aliphatic rings. The van der Waals surface area contributed by atoms with E-state index in [9.17, 15) is 4.79 Å². The molecule has 0 bridgehead atoms. The van der Waals surface area contributed by atoms with E-state index in [0.29, 0.717) is 12.1 Å². The molecule has 2 rings (SSSR count). The van der Waals surface area contributed by atoms with Gasteiger partial charge in [0.05, 0.1) is 11.1 Å². The number of para-hydroxylation sites is 1. The summed E-state index contributed by atoms with van der Waals surface area (Å²) in [7, 11) is 0. The summed E-state index contributed by atoms with van der Waals surface area (Å²) < 4.78 is 0. The van der Waals surface area contributed by atoms with E-state index in [-0.39, 0.29) is 11.4 Å². The number of fused-ring (bicyclic) bond motifs is 1. The number of aromatic nitrogens is 1. The van der Waals surface area contributed by atoms with Gasteiger partial charge in [-0.25, -0.2) is 0 Å². The van der Waals surface area contributed by atoms with E-state index in [1.54, 1.807) is 6.07 Å². The zero-order chi connectivity index (χ0) is 15.5. The first-order valence-corrected chi connectivity index (χ1v) is 7.42. The smallest absolute Gasteiger partial charge is 0.253 e. The number of aryl methyl sites for hydroxylation is 1. The van der Waals surface area contributed by atoms with Crippen LogP contribution in [-0.4, -0.2) is 23.0 Å². The summed E-state index contributed by atoms with van der Waals surface area (Å²) in [4.78, 5) is 16.9. The Kier molecular flexibility index (Phi) is 4.58. The van der Waals surface area contributed by atoms with Crippen molar-refractivity contribution in [1.29, 1.82) is 0 Å². The topological polar surface area (TPSA) is 68.0 Å². The molecule has 1 aromatic heterocycles. The van der Waals surface area contributed by atoms with Gasteiger partial charge in [-0.15, -0.1) is 0 Å². The molecule has 1 aromatic carbocycles. The van der Waals surface area contributed by atoms with Crippen molar-refractivity contribution in [3.05, 3.63) is 41.6 Å². The lowest BCUT2D eigenvalue weighted by atomic mass is 9.94. The molecule has 0 saturated heterocycles. The Balaban J connectivity index is 2.26. The van der Waals surface area contributed by atoms with Crippen LogP contribution in [0.1, 0.15) is 42.7 Å². The van der Waals surface area contributed by atoms with Gasteiger partial charge in [0.15, 0.2) is 0 Å². The molecule has 2 aromatic rings. The van der Waals surface area contributed by atoms with Gasteiger partial charge in [0.2, 0.25) is 0 Å². The third-order valence-corrected chi connectivity index (χ3v) is 4.11. The van der Waals surface area contributed by atoms with Gasteiger partial charge in [0, 0.05) is 23.2 Å². The quantitative estimate of drug-likeness (QED) is 0.887. The second kappa shape index (κ2) is 6.22. The number of pyridine rings is 1. The summed E-state index contributed by atoms with van der Waals surface area (Å²) in [5.74, 6) is -0.115. The first kappa shape index (κ1) is 15.4. The highest BCUT2D eigenvalue weighted by atomic mass is 16.1. The molecule has 3 N–H and O–H groups in total. The number of nitrogens with one attached hydrogen (secondary N) is 1. The predicted molar refractivity (Wildman–Crippen MR) is 86.3 cm³/mol. The summed E-state index contributed by atoms with van der Waals surface area (Å²) in [5.41, 5.74) is 8.13. The summed E-state index contributed by atoms with van der Waals surface area (Å²) >= 11 is 0. The number of nitrogens with two attached hydrogens (primary N) is 1. The Morgan fingerprint density at radius 2 is 1.95 bits per heavy atom. The zero-order valence-corrected chi connectivity index (χ0v) is 12.9. The van der Waals surface area contributed by atoms with Gasteiger partial charge in [0.1, 0.15) is 0 Å². The van der Waals surface area contributed by atoms with Gasteiger partial charge >= 0.3 is 0 Å².